The first-order chi connectivity index (χ1) is 11.6. The molecular formula is C16H24FN3O3S. The number of ether oxygens (including phenoxy) is 1. The molecule has 2 aliphatic rings. The standard InChI is InChI=1S/C16H24FN3O3S/c17-16-3-1-15(2-4-16)5-6-18-7-9-19(10-8-18)24(21,22)20-11-13-23-14-12-20/h1-4H,5-14H2. The molecule has 2 aliphatic heterocycles. The van der Waals surface area contributed by atoms with E-state index in [1.807, 2.05) is 0 Å². The molecule has 0 amide bonds. The van der Waals surface area contributed by atoms with Crippen molar-refractivity contribution in [2.45, 2.75) is 6.42 Å². The Morgan fingerprint density at radius 1 is 0.917 bits per heavy atom. The molecule has 0 atom stereocenters. The molecule has 0 radical (unpaired) electrons. The number of hydrogen-bond donors (Lipinski definition) is 0. The van der Waals surface area contributed by atoms with Crippen molar-refractivity contribution in [1.29, 1.82) is 0 Å². The summed E-state index contributed by atoms with van der Waals surface area (Å²) in [6.07, 6.45) is 0.844. The highest BCUT2D eigenvalue weighted by Crippen LogP contribution is 2.14. The zero-order chi connectivity index (χ0) is 17.0. The van der Waals surface area contributed by atoms with E-state index in [1.54, 1.807) is 16.4 Å². The average Bonchev–Trinajstić information content (AvgIpc) is 2.62. The Hall–Kier alpha value is -1.06. The van der Waals surface area contributed by atoms with Gasteiger partial charge in [0.15, 0.2) is 0 Å². The zero-order valence-corrected chi connectivity index (χ0v) is 14.5. The fraction of sp³-hybridized carbons (Fsp3) is 0.625. The maximum absolute atomic E-state index is 12.9. The molecule has 0 aromatic heterocycles. The smallest absolute Gasteiger partial charge is 0.282 e. The fourth-order valence-corrected chi connectivity index (χ4v) is 4.62. The van der Waals surface area contributed by atoms with Gasteiger partial charge in [-0.15, -0.1) is 0 Å². The lowest BCUT2D eigenvalue weighted by atomic mass is 10.1. The molecule has 2 heterocycles. The van der Waals surface area contributed by atoms with Gasteiger partial charge in [0.1, 0.15) is 5.82 Å². The van der Waals surface area contributed by atoms with Crippen molar-refractivity contribution < 1.29 is 17.5 Å². The van der Waals surface area contributed by atoms with E-state index in [-0.39, 0.29) is 5.82 Å². The van der Waals surface area contributed by atoms with Gasteiger partial charge in [-0.05, 0) is 24.1 Å². The van der Waals surface area contributed by atoms with E-state index in [0.29, 0.717) is 39.4 Å². The maximum Gasteiger partial charge on any atom is 0.282 e. The second-order valence-corrected chi connectivity index (χ2v) is 8.06. The van der Waals surface area contributed by atoms with E-state index in [4.69, 9.17) is 4.74 Å². The highest BCUT2D eigenvalue weighted by Gasteiger charge is 2.33. The highest BCUT2D eigenvalue weighted by molar-refractivity contribution is 7.86. The van der Waals surface area contributed by atoms with E-state index in [0.717, 1.165) is 31.6 Å². The summed E-state index contributed by atoms with van der Waals surface area (Å²) in [7, 11) is -3.36. The SMILES string of the molecule is O=S(=O)(N1CCOCC1)N1CCN(CCc2ccc(F)cc2)CC1. The third-order valence-corrected chi connectivity index (χ3v) is 6.62. The lowest BCUT2D eigenvalue weighted by Gasteiger charge is -2.37. The number of morpholine rings is 1. The predicted octanol–water partition coefficient (Wildman–Crippen LogP) is 0.563. The minimum Gasteiger partial charge on any atom is -0.379 e. The molecule has 0 N–H and O–H groups in total. The van der Waals surface area contributed by atoms with Crippen LogP contribution in [0.4, 0.5) is 4.39 Å². The van der Waals surface area contributed by atoms with E-state index >= 15 is 0 Å². The Kier molecular flexibility index (Phi) is 5.83. The Balaban J connectivity index is 1.47. The normalized spacial score (nSPS) is 21.9. The van der Waals surface area contributed by atoms with Crippen LogP contribution in [0.15, 0.2) is 24.3 Å². The van der Waals surface area contributed by atoms with Crippen LogP contribution in [0.1, 0.15) is 5.56 Å². The summed E-state index contributed by atoms with van der Waals surface area (Å²) in [5, 5.41) is 0. The molecule has 134 valence electrons. The second-order valence-electron chi connectivity index (χ2n) is 6.14. The molecule has 0 unspecified atom stereocenters. The summed E-state index contributed by atoms with van der Waals surface area (Å²) >= 11 is 0. The lowest BCUT2D eigenvalue weighted by Crippen LogP contribution is -2.55. The van der Waals surface area contributed by atoms with Crippen molar-refractivity contribution in [3.05, 3.63) is 35.6 Å². The van der Waals surface area contributed by atoms with E-state index in [2.05, 4.69) is 4.90 Å². The van der Waals surface area contributed by atoms with Gasteiger partial charge >= 0.3 is 0 Å². The highest BCUT2D eigenvalue weighted by atomic mass is 32.2. The van der Waals surface area contributed by atoms with Crippen molar-refractivity contribution >= 4 is 10.2 Å². The number of hydrogen-bond acceptors (Lipinski definition) is 4. The summed E-state index contributed by atoms with van der Waals surface area (Å²) in [5.41, 5.74) is 1.10. The number of rotatable bonds is 5. The van der Waals surface area contributed by atoms with Crippen molar-refractivity contribution in [2.75, 3.05) is 59.0 Å². The van der Waals surface area contributed by atoms with Crippen LogP contribution in [-0.2, 0) is 21.4 Å². The predicted molar refractivity (Wildman–Crippen MR) is 89.4 cm³/mol. The summed E-state index contributed by atoms with van der Waals surface area (Å²) < 4.78 is 46.4. The van der Waals surface area contributed by atoms with Crippen molar-refractivity contribution in [3.8, 4) is 0 Å². The third kappa shape index (κ3) is 4.31. The van der Waals surface area contributed by atoms with Gasteiger partial charge in [-0.1, -0.05) is 12.1 Å². The van der Waals surface area contributed by atoms with Gasteiger partial charge in [-0.25, -0.2) is 4.39 Å². The van der Waals surface area contributed by atoms with Gasteiger partial charge in [0.05, 0.1) is 13.2 Å². The van der Waals surface area contributed by atoms with Crippen LogP contribution in [0.25, 0.3) is 0 Å². The monoisotopic (exact) mass is 357 g/mol. The summed E-state index contributed by atoms with van der Waals surface area (Å²) in [6, 6.07) is 6.55. The minimum atomic E-state index is -3.36. The van der Waals surface area contributed by atoms with Crippen LogP contribution in [0.5, 0.6) is 0 Å². The largest absolute Gasteiger partial charge is 0.379 e. The number of piperazine rings is 1. The maximum atomic E-state index is 12.9. The minimum absolute atomic E-state index is 0.222. The Bertz CT molecular complexity index is 624. The van der Waals surface area contributed by atoms with Crippen LogP contribution in [0, 0.1) is 5.82 Å². The van der Waals surface area contributed by atoms with Gasteiger partial charge in [-0.3, -0.25) is 0 Å². The molecule has 0 bridgehead atoms. The van der Waals surface area contributed by atoms with Crippen molar-refractivity contribution in [3.63, 3.8) is 0 Å². The lowest BCUT2D eigenvalue weighted by molar-refractivity contribution is 0.0685. The summed E-state index contributed by atoms with van der Waals surface area (Å²) in [5.74, 6) is -0.222. The quantitative estimate of drug-likeness (QED) is 0.773. The first-order valence-corrected chi connectivity index (χ1v) is 9.75. The summed E-state index contributed by atoms with van der Waals surface area (Å²) in [4.78, 5) is 2.26. The van der Waals surface area contributed by atoms with E-state index in [9.17, 15) is 12.8 Å². The molecule has 2 saturated heterocycles. The first kappa shape index (κ1) is 17.8. The average molecular weight is 357 g/mol. The molecule has 2 fully saturated rings. The number of halogens is 1. The van der Waals surface area contributed by atoms with E-state index < -0.39 is 10.2 Å². The fourth-order valence-electron chi connectivity index (χ4n) is 3.06. The van der Waals surface area contributed by atoms with Crippen molar-refractivity contribution in [2.24, 2.45) is 0 Å². The van der Waals surface area contributed by atoms with Crippen LogP contribution in [0.2, 0.25) is 0 Å². The van der Waals surface area contributed by atoms with E-state index in [1.165, 1.54) is 16.4 Å². The molecule has 0 aliphatic carbocycles. The Labute approximate surface area is 143 Å². The Morgan fingerprint density at radius 2 is 1.50 bits per heavy atom. The molecule has 0 spiro atoms. The van der Waals surface area contributed by atoms with Gasteiger partial charge in [0.25, 0.3) is 10.2 Å². The second kappa shape index (κ2) is 7.88. The molecule has 1 aromatic carbocycles. The molecule has 3 rings (SSSR count). The molecule has 1 aromatic rings. The van der Waals surface area contributed by atoms with Crippen LogP contribution >= 0.6 is 0 Å². The number of benzene rings is 1. The number of nitrogens with zero attached hydrogens (tertiary/aromatic N) is 3. The molecule has 24 heavy (non-hydrogen) atoms. The van der Waals surface area contributed by atoms with Crippen LogP contribution in [-0.4, -0.2) is 81.0 Å². The summed E-state index contributed by atoms with van der Waals surface area (Å²) in [6.45, 7) is 5.16. The molecule has 0 saturated carbocycles. The van der Waals surface area contributed by atoms with Gasteiger partial charge in [0, 0.05) is 45.8 Å². The zero-order valence-electron chi connectivity index (χ0n) is 13.7. The van der Waals surface area contributed by atoms with Gasteiger partial charge in [0.2, 0.25) is 0 Å². The first-order valence-electron chi connectivity index (χ1n) is 8.35. The van der Waals surface area contributed by atoms with Crippen molar-refractivity contribution in [1.82, 2.24) is 13.5 Å². The topological polar surface area (TPSA) is 53.1 Å². The Morgan fingerprint density at radius 3 is 2.12 bits per heavy atom. The van der Waals surface area contributed by atoms with Gasteiger partial charge < -0.3 is 9.64 Å². The van der Waals surface area contributed by atoms with Gasteiger partial charge in [-0.2, -0.15) is 17.0 Å². The van der Waals surface area contributed by atoms with Crippen LogP contribution in [0.3, 0.4) is 0 Å². The molecule has 6 nitrogen and oxygen atoms in total. The molecular weight excluding hydrogens is 333 g/mol. The third-order valence-electron chi connectivity index (χ3n) is 4.58. The van der Waals surface area contributed by atoms with Crippen LogP contribution < -0.4 is 0 Å². The molecule has 8 heteroatoms.